The zero-order chi connectivity index (χ0) is 17.9. The first-order chi connectivity index (χ1) is 11.2. The van der Waals surface area contributed by atoms with Crippen LogP contribution in [0, 0.1) is 5.82 Å². The Labute approximate surface area is 141 Å². The molecular formula is C17H19FN2O3S. The molecule has 0 bridgehead atoms. The second kappa shape index (κ2) is 7.00. The van der Waals surface area contributed by atoms with Gasteiger partial charge in [0.05, 0.1) is 23.5 Å². The molecule has 0 heterocycles. The number of carbonyl (C=O) groups is 1. The minimum atomic E-state index is -3.49. The first-order valence-corrected chi connectivity index (χ1v) is 9.14. The van der Waals surface area contributed by atoms with Gasteiger partial charge in [0.25, 0.3) is 5.91 Å². The van der Waals surface area contributed by atoms with Crippen LogP contribution < -0.4 is 9.62 Å². The van der Waals surface area contributed by atoms with E-state index in [0.29, 0.717) is 5.69 Å². The van der Waals surface area contributed by atoms with Crippen LogP contribution >= 0.6 is 0 Å². The predicted octanol–water partition coefficient (Wildman–Crippen LogP) is 2.71. The van der Waals surface area contributed by atoms with Crippen LogP contribution in [0.2, 0.25) is 0 Å². The number of carbonyl (C=O) groups excluding carboxylic acids is 1. The van der Waals surface area contributed by atoms with Crippen molar-refractivity contribution in [1.29, 1.82) is 0 Å². The van der Waals surface area contributed by atoms with Gasteiger partial charge in [-0.1, -0.05) is 24.3 Å². The van der Waals surface area contributed by atoms with Crippen LogP contribution in [0.15, 0.2) is 48.5 Å². The number of rotatable bonds is 5. The molecule has 2 rings (SSSR count). The molecule has 0 saturated heterocycles. The maximum atomic E-state index is 13.0. The Morgan fingerprint density at radius 2 is 1.71 bits per heavy atom. The van der Waals surface area contributed by atoms with Crippen molar-refractivity contribution in [3.05, 3.63) is 65.5 Å². The van der Waals surface area contributed by atoms with Gasteiger partial charge in [0.15, 0.2) is 0 Å². The van der Waals surface area contributed by atoms with Gasteiger partial charge in [-0.25, -0.2) is 12.8 Å². The van der Waals surface area contributed by atoms with Gasteiger partial charge >= 0.3 is 0 Å². The van der Waals surface area contributed by atoms with Gasteiger partial charge < -0.3 is 5.32 Å². The first kappa shape index (κ1) is 17.9. The average molecular weight is 350 g/mol. The number of nitrogens with zero attached hydrogens (tertiary/aromatic N) is 1. The number of halogens is 1. The lowest BCUT2D eigenvalue weighted by molar-refractivity contribution is 0.0940. The molecule has 24 heavy (non-hydrogen) atoms. The van der Waals surface area contributed by atoms with Crippen molar-refractivity contribution >= 4 is 21.6 Å². The molecule has 0 aliphatic heterocycles. The van der Waals surface area contributed by atoms with E-state index in [-0.39, 0.29) is 17.4 Å². The van der Waals surface area contributed by atoms with E-state index < -0.39 is 15.9 Å². The number of sulfonamides is 1. The highest BCUT2D eigenvalue weighted by Crippen LogP contribution is 2.22. The Bertz CT molecular complexity index is 835. The van der Waals surface area contributed by atoms with E-state index in [4.69, 9.17) is 0 Å². The van der Waals surface area contributed by atoms with Gasteiger partial charge in [0, 0.05) is 7.05 Å². The molecule has 7 heteroatoms. The summed E-state index contributed by atoms with van der Waals surface area (Å²) in [5.74, 6) is -0.754. The molecule has 0 saturated carbocycles. The molecule has 0 aromatic heterocycles. The largest absolute Gasteiger partial charge is 0.345 e. The second-order valence-electron chi connectivity index (χ2n) is 5.49. The van der Waals surface area contributed by atoms with Gasteiger partial charge in [-0.15, -0.1) is 0 Å². The second-order valence-corrected chi connectivity index (χ2v) is 7.51. The van der Waals surface area contributed by atoms with Crippen LogP contribution in [0.3, 0.4) is 0 Å². The first-order valence-electron chi connectivity index (χ1n) is 7.29. The van der Waals surface area contributed by atoms with Gasteiger partial charge in [-0.2, -0.15) is 0 Å². The Kier molecular flexibility index (Phi) is 5.23. The van der Waals surface area contributed by atoms with Crippen LogP contribution in [0.5, 0.6) is 0 Å². The number of anilines is 1. The Morgan fingerprint density at radius 3 is 2.29 bits per heavy atom. The molecule has 2 aromatic carbocycles. The fourth-order valence-electron chi connectivity index (χ4n) is 2.23. The molecule has 1 N–H and O–H groups in total. The summed E-state index contributed by atoms with van der Waals surface area (Å²) in [5, 5.41) is 2.80. The monoisotopic (exact) mass is 350 g/mol. The number of hydrogen-bond acceptors (Lipinski definition) is 3. The molecule has 0 radical (unpaired) electrons. The molecular weight excluding hydrogens is 331 g/mol. The molecule has 128 valence electrons. The van der Waals surface area contributed by atoms with E-state index in [0.717, 1.165) is 16.1 Å². The van der Waals surface area contributed by atoms with Crippen LogP contribution in [-0.2, 0) is 10.0 Å². The van der Waals surface area contributed by atoms with Crippen molar-refractivity contribution in [3.8, 4) is 0 Å². The summed E-state index contributed by atoms with van der Waals surface area (Å²) in [7, 11) is -2.09. The molecule has 1 amide bonds. The lowest BCUT2D eigenvalue weighted by Crippen LogP contribution is -2.31. The van der Waals surface area contributed by atoms with E-state index in [1.807, 2.05) is 0 Å². The number of nitrogens with one attached hydrogen (secondary N) is 1. The summed E-state index contributed by atoms with van der Waals surface area (Å²) in [6, 6.07) is 11.9. The third-order valence-electron chi connectivity index (χ3n) is 3.70. The zero-order valence-corrected chi connectivity index (χ0v) is 14.5. The minimum Gasteiger partial charge on any atom is -0.345 e. The maximum Gasteiger partial charge on any atom is 0.253 e. The standard InChI is InChI=1S/C17H19FN2O3S/c1-12(13-8-10-14(18)11-9-13)19-17(21)15-6-4-5-7-16(15)20(2)24(3,22)23/h4-12H,1-3H3,(H,19,21). The highest BCUT2D eigenvalue weighted by molar-refractivity contribution is 7.92. The van der Waals surface area contributed by atoms with Crippen LogP contribution in [0.25, 0.3) is 0 Å². The fourth-order valence-corrected chi connectivity index (χ4v) is 2.74. The van der Waals surface area contributed by atoms with E-state index >= 15 is 0 Å². The number of para-hydroxylation sites is 1. The van der Waals surface area contributed by atoms with E-state index in [2.05, 4.69) is 5.32 Å². The van der Waals surface area contributed by atoms with Gasteiger partial charge in [0.2, 0.25) is 10.0 Å². The van der Waals surface area contributed by atoms with E-state index in [1.165, 1.54) is 19.2 Å². The molecule has 1 atom stereocenters. The van der Waals surface area contributed by atoms with Crippen LogP contribution in [-0.4, -0.2) is 27.6 Å². The van der Waals surface area contributed by atoms with E-state index in [1.54, 1.807) is 43.3 Å². The molecule has 0 fully saturated rings. The third kappa shape index (κ3) is 4.11. The van der Waals surface area contributed by atoms with Crippen molar-refractivity contribution in [2.24, 2.45) is 0 Å². The predicted molar refractivity (Wildman–Crippen MR) is 92.0 cm³/mol. The number of amides is 1. The Morgan fingerprint density at radius 1 is 1.12 bits per heavy atom. The lowest BCUT2D eigenvalue weighted by atomic mass is 10.1. The van der Waals surface area contributed by atoms with E-state index in [9.17, 15) is 17.6 Å². The molecule has 5 nitrogen and oxygen atoms in total. The molecule has 2 aromatic rings. The molecule has 0 spiro atoms. The van der Waals surface area contributed by atoms with Crippen molar-refractivity contribution in [3.63, 3.8) is 0 Å². The SMILES string of the molecule is CC(NC(=O)c1ccccc1N(C)S(C)(=O)=O)c1ccc(F)cc1. The lowest BCUT2D eigenvalue weighted by Gasteiger charge is -2.21. The summed E-state index contributed by atoms with van der Waals surface area (Å²) in [6.07, 6.45) is 1.07. The summed E-state index contributed by atoms with van der Waals surface area (Å²) < 4.78 is 37.5. The third-order valence-corrected chi connectivity index (χ3v) is 4.89. The highest BCUT2D eigenvalue weighted by Gasteiger charge is 2.20. The summed E-state index contributed by atoms with van der Waals surface area (Å²) in [4.78, 5) is 12.5. The Hall–Kier alpha value is -2.41. The van der Waals surface area contributed by atoms with Crippen molar-refractivity contribution in [2.75, 3.05) is 17.6 Å². The van der Waals surface area contributed by atoms with Gasteiger partial charge in [-0.3, -0.25) is 9.10 Å². The summed E-state index contributed by atoms with van der Waals surface area (Å²) in [5.41, 5.74) is 1.29. The summed E-state index contributed by atoms with van der Waals surface area (Å²) in [6.45, 7) is 1.77. The highest BCUT2D eigenvalue weighted by atomic mass is 32.2. The van der Waals surface area contributed by atoms with Crippen molar-refractivity contribution in [2.45, 2.75) is 13.0 Å². The smallest absolute Gasteiger partial charge is 0.253 e. The normalized spacial score (nSPS) is 12.5. The van der Waals surface area contributed by atoms with Crippen LogP contribution in [0.1, 0.15) is 28.9 Å². The molecule has 0 aliphatic carbocycles. The van der Waals surface area contributed by atoms with Gasteiger partial charge in [0.1, 0.15) is 5.82 Å². The Balaban J connectivity index is 2.26. The fraction of sp³-hybridized carbons (Fsp3) is 0.235. The quantitative estimate of drug-likeness (QED) is 0.902. The zero-order valence-electron chi connectivity index (χ0n) is 13.7. The minimum absolute atomic E-state index is 0.249. The maximum absolute atomic E-state index is 13.0. The van der Waals surface area contributed by atoms with Crippen molar-refractivity contribution in [1.82, 2.24) is 5.32 Å². The van der Waals surface area contributed by atoms with Crippen LogP contribution in [0.4, 0.5) is 10.1 Å². The molecule has 0 aliphatic rings. The van der Waals surface area contributed by atoms with Crippen molar-refractivity contribution < 1.29 is 17.6 Å². The van der Waals surface area contributed by atoms with Gasteiger partial charge in [-0.05, 0) is 36.8 Å². The number of benzene rings is 2. The number of hydrogen-bond donors (Lipinski definition) is 1. The molecule has 1 unspecified atom stereocenters. The summed E-state index contributed by atoms with van der Waals surface area (Å²) >= 11 is 0. The topological polar surface area (TPSA) is 66.5 Å². The average Bonchev–Trinajstić information content (AvgIpc) is 2.53.